The summed E-state index contributed by atoms with van der Waals surface area (Å²) in [6.07, 6.45) is 8.99. The van der Waals surface area contributed by atoms with Gasteiger partial charge in [0.25, 0.3) is 0 Å². The lowest BCUT2D eigenvalue weighted by molar-refractivity contribution is 0.427. The summed E-state index contributed by atoms with van der Waals surface area (Å²) in [4.78, 5) is 8.89. The highest BCUT2D eigenvalue weighted by Crippen LogP contribution is 2.33. The lowest BCUT2D eigenvalue weighted by Gasteiger charge is -2.22. The number of imidazole rings is 1. The van der Waals surface area contributed by atoms with E-state index in [2.05, 4.69) is 21.1 Å². The van der Waals surface area contributed by atoms with E-state index in [1.807, 2.05) is 48.9 Å². The van der Waals surface area contributed by atoms with Crippen LogP contribution in [0.1, 0.15) is 52.8 Å². The number of aromatic nitrogens is 5. The molecule has 0 unspecified atom stereocenters. The first kappa shape index (κ1) is 21.2. The van der Waals surface area contributed by atoms with Crippen molar-refractivity contribution < 1.29 is 13.2 Å². The number of nitrogens with zero attached hydrogens (tertiary/aromatic N) is 5. The van der Waals surface area contributed by atoms with Gasteiger partial charge in [-0.25, -0.2) is 27.8 Å². The third-order valence-electron chi connectivity index (χ3n) is 5.94. The minimum absolute atomic E-state index is 0.335. The molecule has 1 aliphatic heterocycles. The Balaban J connectivity index is 1.40. The molecule has 5 nitrogen and oxygen atoms in total. The van der Waals surface area contributed by atoms with Crippen LogP contribution in [0, 0.1) is 31.3 Å². The molecule has 0 radical (unpaired) electrons. The fraction of sp³-hybridized carbons (Fsp3) is 0.240. The third kappa shape index (κ3) is 4.08. The van der Waals surface area contributed by atoms with E-state index in [1.165, 1.54) is 0 Å². The van der Waals surface area contributed by atoms with Crippen molar-refractivity contribution in [2.45, 2.75) is 39.2 Å². The normalized spacial score (nSPS) is 15.8. The van der Waals surface area contributed by atoms with E-state index in [9.17, 15) is 13.2 Å². The van der Waals surface area contributed by atoms with Crippen molar-refractivity contribution in [3.05, 3.63) is 94.3 Å². The molecule has 0 saturated heterocycles. The van der Waals surface area contributed by atoms with E-state index in [-0.39, 0.29) is 5.92 Å². The first-order valence-corrected chi connectivity index (χ1v) is 10.8. The summed E-state index contributed by atoms with van der Waals surface area (Å²) < 4.78 is 44.7. The lowest BCUT2D eigenvalue weighted by Crippen LogP contribution is -2.18. The molecule has 2 aromatic heterocycles. The van der Waals surface area contributed by atoms with Crippen molar-refractivity contribution in [3.63, 3.8) is 0 Å². The number of fused-ring (bicyclic) bond motifs is 1. The van der Waals surface area contributed by atoms with Crippen LogP contribution in [0.2, 0.25) is 0 Å². The Hall–Kier alpha value is -3.68. The Labute approximate surface area is 189 Å². The van der Waals surface area contributed by atoms with Crippen molar-refractivity contribution in [2.75, 3.05) is 0 Å². The van der Waals surface area contributed by atoms with Gasteiger partial charge in [0.15, 0.2) is 23.3 Å². The summed E-state index contributed by atoms with van der Waals surface area (Å²) in [6.45, 7) is 4.67. The number of rotatable bonds is 4. The summed E-state index contributed by atoms with van der Waals surface area (Å²) in [5.41, 5.74) is 4.49. The van der Waals surface area contributed by atoms with Gasteiger partial charge in [-0.15, -0.1) is 0 Å². The standard InChI is InChI=1S/C25H22F3N5/c1-15-10-17(5-7-22(15)32-13-16(2)29-14-32)6-8-23-30-25-19(4-3-9-33(25)31-23)18-11-20(26)24(28)21(27)12-18/h5-8,10-14,19H,3-4,9H2,1-2H3/b8-6+/t19-/m1/s1. The molecule has 4 aromatic rings. The van der Waals surface area contributed by atoms with Crippen molar-refractivity contribution in [1.29, 1.82) is 0 Å². The minimum atomic E-state index is -1.45. The zero-order chi connectivity index (χ0) is 23.1. The average Bonchev–Trinajstić information content (AvgIpc) is 3.41. The minimum Gasteiger partial charge on any atom is -0.306 e. The van der Waals surface area contributed by atoms with Crippen molar-refractivity contribution in [1.82, 2.24) is 24.3 Å². The molecular weight excluding hydrogens is 427 g/mol. The zero-order valence-corrected chi connectivity index (χ0v) is 18.3. The molecule has 0 spiro atoms. The van der Waals surface area contributed by atoms with Gasteiger partial charge in [-0.3, -0.25) is 0 Å². The summed E-state index contributed by atoms with van der Waals surface area (Å²) in [7, 11) is 0. The second kappa shape index (κ2) is 8.35. The molecule has 0 amide bonds. The van der Waals surface area contributed by atoms with Gasteiger partial charge in [-0.05, 0) is 73.7 Å². The maximum Gasteiger partial charge on any atom is 0.194 e. The van der Waals surface area contributed by atoms with Crippen molar-refractivity contribution >= 4 is 12.2 Å². The highest BCUT2D eigenvalue weighted by Gasteiger charge is 2.27. The van der Waals surface area contributed by atoms with Gasteiger partial charge in [-0.2, -0.15) is 5.10 Å². The van der Waals surface area contributed by atoms with Crippen LogP contribution in [0.4, 0.5) is 13.2 Å². The quantitative estimate of drug-likeness (QED) is 0.382. The van der Waals surface area contributed by atoms with Crippen LogP contribution in [0.25, 0.3) is 17.8 Å². The van der Waals surface area contributed by atoms with Crippen LogP contribution in [0.15, 0.2) is 42.9 Å². The second-order valence-corrected chi connectivity index (χ2v) is 8.35. The smallest absolute Gasteiger partial charge is 0.194 e. The summed E-state index contributed by atoms with van der Waals surface area (Å²) >= 11 is 0. The molecule has 168 valence electrons. The molecule has 0 bridgehead atoms. The number of halogens is 3. The summed E-state index contributed by atoms with van der Waals surface area (Å²) in [5, 5.41) is 4.54. The predicted octanol–water partition coefficient (Wildman–Crippen LogP) is 5.59. The Bertz CT molecular complexity index is 1350. The van der Waals surface area contributed by atoms with Crippen LogP contribution >= 0.6 is 0 Å². The maximum atomic E-state index is 13.8. The van der Waals surface area contributed by atoms with E-state index in [4.69, 9.17) is 0 Å². The van der Waals surface area contributed by atoms with Gasteiger partial charge in [0, 0.05) is 24.3 Å². The van der Waals surface area contributed by atoms with Gasteiger partial charge in [0.05, 0.1) is 12.0 Å². The maximum absolute atomic E-state index is 13.8. The fourth-order valence-corrected chi connectivity index (χ4v) is 4.33. The van der Waals surface area contributed by atoms with E-state index < -0.39 is 17.5 Å². The van der Waals surface area contributed by atoms with Gasteiger partial charge in [0.2, 0.25) is 0 Å². The zero-order valence-electron chi connectivity index (χ0n) is 18.3. The number of benzene rings is 2. The molecule has 0 aliphatic carbocycles. The van der Waals surface area contributed by atoms with Crippen molar-refractivity contribution in [2.24, 2.45) is 0 Å². The molecule has 5 rings (SSSR count). The van der Waals surface area contributed by atoms with Gasteiger partial charge in [0.1, 0.15) is 5.82 Å². The van der Waals surface area contributed by atoms with Crippen LogP contribution < -0.4 is 0 Å². The van der Waals surface area contributed by atoms with E-state index in [1.54, 1.807) is 11.0 Å². The number of hydrogen-bond donors (Lipinski definition) is 0. The van der Waals surface area contributed by atoms with E-state index in [0.29, 0.717) is 30.2 Å². The van der Waals surface area contributed by atoms with Gasteiger partial charge in [-0.1, -0.05) is 12.1 Å². The second-order valence-electron chi connectivity index (χ2n) is 8.35. The lowest BCUT2D eigenvalue weighted by atomic mass is 9.91. The first-order chi connectivity index (χ1) is 15.9. The highest BCUT2D eigenvalue weighted by molar-refractivity contribution is 5.68. The molecule has 1 atom stereocenters. The van der Waals surface area contributed by atoms with Crippen LogP contribution in [-0.2, 0) is 6.54 Å². The van der Waals surface area contributed by atoms with Crippen LogP contribution in [-0.4, -0.2) is 24.3 Å². The van der Waals surface area contributed by atoms with Crippen LogP contribution in [0.5, 0.6) is 0 Å². The molecule has 2 aromatic carbocycles. The topological polar surface area (TPSA) is 48.5 Å². The highest BCUT2D eigenvalue weighted by atomic mass is 19.2. The average molecular weight is 449 g/mol. The molecule has 1 aliphatic rings. The SMILES string of the molecule is Cc1cn(-c2ccc(/C=C/c3nc4n(n3)CCC[C@@H]4c3cc(F)c(F)c(F)c3)cc2C)cn1. The first-order valence-electron chi connectivity index (χ1n) is 10.8. The Kier molecular flexibility index (Phi) is 5.36. The molecule has 0 N–H and O–H groups in total. The third-order valence-corrected chi connectivity index (χ3v) is 5.94. The molecule has 0 saturated carbocycles. The Morgan fingerprint density at radius 2 is 1.82 bits per heavy atom. The monoisotopic (exact) mass is 449 g/mol. The van der Waals surface area contributed by atoms with Gasteiger partial charge < -0.3 is 4.57 Å². The molecular formula is C25H22F3N5. The number of aryl methyl sites for hydroxylation is 3. The molecule has 3 heterocycles. The van der Waals surface area contributed by atoms with E-state index in [0.717, 1.165) is 41.1 Å². The number of hydrogen-bond acceptors (Lipinski definition) is 3. The molecule has 0 fully saturated rings. The van der Waals surface area contributed by atoms with Crippen molar-refractivity contribution in [3.8, 4) is 5.69 Å². The Morgan fingerprint density at radius 1 is 1.03 bits per heavy atom. The summed E-state index contributed by atoms with van der Waals surface area (Å²) in [6, 6.07) is 8.22. The summed E-state index contributed by atoms with van der Waals surface area (Å²) in [5.74, 6) is -3.01. The van der Waals surface area contributed by atoms with E-state index >= 15 is 0 Å². The van der Waals surface area contributed by atoms with Gasteiger partial charge >= 0.3 is 0 Å². The predicted molar refractivity (Wildman–Crippen MR) is 119 cm³/mol. The largest absolute Gasteiger partial charge is 0.306 e. The Morgan fingerprint density at radius 3 is 2.52 bits per heavy atom. The fourth-order valence-electron chi connectivity index (χ4n) is 4.33. The molecule has 33 heavy (non-hydrogen) atoms. The molecule has 8 heteroatoms. The van der Waals surface area contributed by atoms with Crippen LogP contribution in [0.3, 0.4) is 0 Å².